The summed E-state index contributed by atoms with van der Waals surface area (Å²) in [5.41, 5.74) is 10.9. The van der Waals surface area contributed by atoms with Crippen molar-refractivity contribution in [3.05, 3.63) is 64.2 Å². The Morgan fingerprint density at radius 3 is 2.87 bits per heavy atom. The molecular formula is C20H20N3+. The van der Waals surface area contributed by atoms with Crippen LogP contribution in [0.15, 0.2) is 30.5 Å². The third-order valence-electron chi connectivity index (χ3n) is 5.45. The number of fused-ring (bicyclic) bond motifs is 7. The lowest BCUT2D eigenvalue weighted by Crippen LogP contribution is -2.31. The second-order valence-electron chi connectivity index (χ2n) is 6.72. The van der Waals surface area contributed by atoms with Gasteiger partial charge in [0, 0.05) is 24.5 Å². The average molecular weight is 302 g/mol. The molecule has 0 unspecified atom stereocenters. The Morgan fingerprint density at radius 1 is 1.17 bits per heavy atom. The van der Waals surface area contributed by atoms with Crippen LogP contribution >= 0.6 is 0 Å². The smallest absolute Gasteiger partial charge is 0.234 e. The van der Waals surface area contributed by atoms with Gasteiger partial charge < -0.3 is 0 Å². The van der Waals surface area contributed by atoms with Gasteiger partial charge in [0.25, 0.3) is 0 Å². The van der Waals surface area contributed by atoms with E-state index >= 15 is 0 Å². The van der Waals surface area contributed by atoms with Gasteiger partial charge in [-0.05, 0) is 36.1 Å². The molecule has 0 saturated carbocycles. The molecule has 3 aromatic rings. The second-order valence-corrected chi connectivity index (χ2v) is 6.72. The minimum Gasteiger partial charge on any atom is -0.290 e. The molecule has 0 radical (unpaired) electrons. The van der Waals surface area contributed by atoms with Crippen LogP contribution in [0.25, 0.3) is 17.1 Å². The van der Waals surface area contributed by atoms with Crippen molar-refractivity contribution in [2.75, 3.05) is 0 Å². The molecule has 114 valence electrons. The zero-order valence-corrected chi connectivity index (χ0v) is 13.8. The maximum absolute atomic E-state index is 4.99. The number of aromatic nitrogens is 3. The van der Waals surface area contributed by atoms with Crippen molar-refractivity contribution in [2.45, 2.75) is 33.1 Å². The third kappa shape index (κ3) is 1.55. The Morgan fingerprint density at radius 2 is 2.04 bits per heavy atom. The number of rotatable bonds is 1. The number of benzene rings is 1. The fourth-order valence-electron chi connectivity index (χ4n) is 4.36. The summed E-state index contributed by atoms with van der Waals surface area (Å²) < 4.78 is 4.68. The molecule has 2 aliphatic rings. The van der Waals surface area contributed by atoms with E-state index in [1.54, 1.807) is 0 Å². The highest BCUT2D eigenvalue weighted by Gasteiger charge is 2.37. The second kappa shape index (κ2) is 4.31. The summed E-state index contributed by atoms with van der Waals surface area (Å²) >= 11 is 0. The molecule has 2 aromatic heterocycles. The van der Waals surface area contributed by atoms with Gasteiger partial charge >= 0.3 is 0 Å². The summed E-state index contributed by atoms with van der Waals surface area (Å²) in [4.78, 5) is 4.99. The number of pyridine rings is 1. The SMILES string of the molecule is CCc1ccc2c(c1C)-n1c(nc3c1-c1c(ccc[n+]1C)C3)C2. The molecule has 0 atom stereocenters. The van der Waals surface area contributed by atoms with Gasteiger partial charge in [0.15, 0.2) is 6.20 Å². The summed E-state index contributed by atoms with van der Waals surface area (Å²) in [6.45, 7) is 4.50. The monoisotopic (exact) mass is 302 g/mol. The highest BCUT2D eigenvalue weighted by atomic mass is 15.1. The Labute approximate surface area is 136 Å². The van der Waals surface area contributed by atoms with E-state index in [9.17, 15) is 0 Å². The zero-order valence-electron chi connectivity index (χ0n) is 13.8. The molecule has 1 aliphatic carbocycles. The van der Waals surface area contributed by atoms with Gasteiger partial charge in [-0.25, -0.2) is 4.98 Å². The van der Waals surface area contributed by atoms with Crippen molar-refractivity contribution < 1.29 is 4.57 Å². The molecule has 0 saturated heterocycles. The van der Waals surface area contributed by atoms with Crippen LogP contribution in [0.1, 0.15) is 40.7 Å². The largest absolute Gasteiger partial charge is 0.290 e. The van der Waals surface area contributed by atoms with Crippen molar-refractivity contribution in [1.82, 2.24) is 9.55 Å². The first kappa shape index (κ1) is 13.1. The molecule has 0 bridgehead atoms. The number of nitrogens with zero attached hydrogens (tertiary/aromatic N) is 3. The van der Waals surface area contributed by atoms with E-state index in [1.807, 2.05) is 0 Å². The Kier molecular flexibility index (Phi) is 2.45. The van der Waals surface area contributed by atoms with Crippen molar-refractivity contribution in [1.29, 1.82) is 0 Å². The summed E-state index contributed by atoms with van der Waals surface area (Å²) in [5.74, 6) is 1.20. The molecule has 23 heavy (non-hydrogen) atoms. The number of aryl methyl sites for hydroxylation is 2. The fraction of sp³-hybridized carbons (Fsp3) is 0.300. The molecule has 1 aromatic carbocycles. The summed E-state index contributed by atoms with van der Waals surface area (Å²) in [7, 11) is 2.14. The first-order valence-electron chi connectivity index (χ1n) is 8.39. The standard InChI is InChI=1S/C20H20N3/c1-4-13-7-8-15-11-17-21-16-10-14-6-5-9-22(3)19(14)20(16)23(17)18(15)12(13)2/h5-9H,4,10-11H2,1-3H3/q+1. The van der Waals surface area contributed by atoms with Gasteiger partial charge in [0.1, 0.15) is 18.6 Å². The summed E-state index contributed by atoms with van der Waals surface area (Å²) in [6.07, 6.45) is 5.13. The van der Waals surface area contributed by atoms with Gasteiger partial charge in [-0.1, -0.05) is 19.1 Å². The predicted molar refractivity (Wildman–Crippen MR) is 89.9 cm³/mol. The maximum atomic E-state index is 4.99. The molecule has 0 N–H and O–H groups in total. The minimum atomic E-state index is 0.957. The maximum Gasteiger partial charge on any atom is 0.234 e. The van der Waals surface area contributed by atoms with E-state index < -0.39 is 0 Å². The van der Waals surface area contributed by atoms with Gasteiger partial charge in [0.2, 0.25) is 5.69 Å². The normalized spacial score (nSPS) is 13.7. The molecule has 0 spiro atoms. The summed E-state index contributed by atoms with van der Waals surface area (Å²) in [6, 6.07) is 8.94. The predicted octanol–water partition coefficient (Wildman–Crippen LogP) is 3.04. The van der Waals surface area contributed by atoms with E-state index in [-0.39, 0.29) is 0 Å². The number of hydrogen-bond acceptors (Lipinski definition) is 1. The lowest BCUT2D eigenvalue weighted by Gasteiger charge is -2.13. The van der Waals surface area contributed by atoms with E-state index in [0.29, 0.717) is 0 Å². The third-order valence-corrected chi connectivity index (χ3v) is 5.45. The number of imidazole rings is 1. The Balaban J connectivity index is 1.85. The lowest BCUT2D eigenvalue weighted by molar-refractivity contribution is -0.660. The molecule has 3 nitrogen and oxygen atoms in total. The highest BCUT2D eigenvalue weighted by molar-refractivity contribution is 5.72. The van der Waals surface area contributed by atoms with Crippen molar-refractivity contribution >= 4 is 0 Å². The quantitative estimate of drug-likeness (QED) is 0.436. The lowest BCUT2D eigenvalue weighted by atomic mass is 10.00. The fourth-order valence-corrected chi connectivity index (χ4v) is 4.36. The van der Waals surface area contributed by atoms with Crippen LogP contribution in [-0.2, 0) is 26.3 Å². The van der Waals surface area contributed by atoms with Crippen LogP contribution < -0.4 is 4.57 Å². The van der Waals surface area contributed by atoms with Crippen molar-refractivity contribution in [2.24, 2.45) is 7.05 Å². The van der Waals surface area contributed by atoms with Crippen molar-refractivity contribution in [3.8, 4) is 17.1 Å². The Bertz CT molecular complexity index is 979. The van der Waals surface area contributed by atoms with E-state index in [0.717, 1.165) is 19.3 Å². The minimum absolute atomic E-state index is 0.957. The van der Waals surface area contributed by atoms with Crippen LogP contribution in [0, 0.1) is 6.92 Å². The van der Waals surface area contributed by atoms with Crippen molar-refractivity contribution in [3.63, 3.8) is 0 Å². The van der Waals surface area contributed by atoms with Gasteiger partial charge in [-0.3, -0.25) is 4.57 Å². The van der Waals surface area contributed by atoms with E-state index in [1.165, 1.54) is 50.8 Å². The van der Waals surface area contributed by atoms with Crippen LogP contribution in [0.5, 0.6) is 0 Å². The molecular weight excluding hydrogens is 282 g/mol. The average Bonchev–Trinajstić information content (AvgIpc) is 3.14. The molecule has 0 fully saturated rings. The van der Waals surface area contributed by atoms with E-state index in [4.69, 9.17) is 4.98 Å². The topological polar surface area (TPSA) is 21.7 Å². The molecule has 3 heteroatoms. The van der Waals surface area contributed by atoms with Crippen LogP contribution in [0.3, 0.4) is 0 Å². The molecule has 3 heterocycles. The zero-order chi connectivity index (χ0) is 15.7. The molecule has 1 aliphatic heterocycles. The highest BCUT2D eigenvalue weighted by Crippen LogP contribution is 2.42. The van der Waals surface area contributed by atoms with Gasteiger partial charge in [0.05, 0.1) is 11.4 Å². The Hall–Kier alpha value is -2.42. The van der Waals surface area contributed by atoms with Crippen LogP contribution in [0.2, 0.25) is 0 Å². The first-order valence-corrected chi connectivity index (χ1v) is 8.39. The molecule has 5 rings (SSSR count). The molecule has 0 amide bonds. The number of hydrogen-bond donors (Lipinski definition) is 0. The van der Waals surface area contributed by atoms with Crippen LogP contribution in [0.4, 0.5) is 0 Å². The first-order chi connectivity index (χ1) is 11.2. The van der Waals surface area contributed by atoms with Gasteiger partial charge in [-0.2, -0.15) is 4.57 Å². The van der Waals surface area contributed by atoms with Gasteiger partial charge in [-0.15, -0.1) is 0 Å². The van der Waals surface area contributed by atoms with Crippen LogP contribution in [-0.4, -0.2) is 9.55 Å². The summed E-state index contributed by atoms with van der Waals surface area (Å²) in [5, 5.41) is 0. The van der Waals surface area contributed by atoms with E-state index in [2.05, 4.69) is 60.5 Å².